The summed E-state index contributed by atoms with van der Waals surface area (Å²) >= 11 is 0. The van der Waals surface area contributed by atoms with Crippen LogP contribution in [0.25, 0.3) is 0 Å². The van der Waals surface area contributed by atoms with Crippen LogP contribution in [0.2, 0.25) is 0 Å². The molecule has 0 N–H and O–H groups in total. The fourth-order valence-electron chi connectivity index (χ4n) is 1.20. The highest BCUT2D eigenvalue weighted by atomic mass is 31.2. The van der Waals surface area contributed by atoms with Crippen LogP contribution in [-0.2, 0) is 27.6 Å². The van der Waals surface area contributed by atoms with E-state index < -0.39 is 13.6 Å². The zero-order valence-electron chi connectivity index (χ0n) is 9.39. The van der Waals surface area contributed by atoms with Gasteiger partial charge in [-0.2, -0.15) is 0 Å². The third-order valence-electron chi connectivity index (χ3n) is 1.93. The molecule has 90 valence electrons. The van der Waals surface area contributed by atoms with E-state index in [0.717, 1.165) is 0 Å². The number of ether oxygens (including phenoxy) is 2. The van der Waals surface area contributed by atoms with Crippen LogP contribution in [0.3, 0.4) is 0 Å². The van der Waals surface area contributed by atoms with Gasteiger partial charge in [0.05, 0.1) is 13.2 Å². The van der Waals surface area contributed by atoms with E-state index in [1.54, 1.807) is 13.8 Å². The van der Waals surface area contributed by atoms with Crippen molar-refractivity contribution in [1.29, 1.82) is 0 Å². The summed E-state index contributed by atoms with van der Waals surface area (Å²) in [7, 11) is -0.883. The predicted octanol–water partition coefficient (Wildman–Crippen LogP) is 1.56. The number of phosphoric ester groups is 1. The number of hydrogen-bond acceptors (Lipinski definition) is 6. The molecule has 6 nitrogen and oxygen atoms in total. The summed E-state index contributed by atoms with van der Waals surface area (Å²) in [6.45, 7) is 4.13. The Morgan fingerprint density at radius 3 is 2.40 bits per heavy atom. The molecule has 1 heterocycles. The van der Waals surface area contributed by atoms with E-state index in [-0.39, 0.29) is 12.7 Å². The van der Waals surface area contributed by atoms with Crippen LogP contribution in [0, 0.1) is 0 Å². The lowest BCUT2D eigenvalue weighted by Gasteiger charge is -2.18. The third kappa shape index (κ3) is 3.83. The first kappa shape index (κ1) is 13.1. The molecule has 15 heavy (non-hydrogen) atoms. The maximum Gasteiger partial charge on any atom is 0.474 e. The van der Waals surface area contributed by atoms with Crippen molar-refractivity contribution in [1.82, 2.24) is 0 Å². The molecule has 0 aromatic heterocycles. The standard InChI is InChI=1S/C8H17O6P/c1-8(2)12-5-7(14-8)6-13-15(9,10-3)11-4/h7H,5-6H2,1-4H3/t7-/m0/s1. The first-order chi connectivity index (χ1) is 6.91. The highest BCUT2D eigenvalue weighted by Crippen LogP contribution is 2.47. The summed E-state index contributed by atoms with van der Waals surface area (Å²) in [5.41, 5.74) is 0. The van der Waals surface area contributed by atoms with Crippen LogP contribution in [0.1, 0.15) is 13.8 Å². The Bertz CT molecular complexity index is 246. The van der Waals surface area contributed by atoms with E-state index in [9.17, 15) is 4.57 Å². The van der Waals surface area contributed by atoms with Crippen LogP contribution in [0.4, 0.5) is 0 Å². The van der Waals surface area contributed by atoms with Gasteiger partial charge >= 0.3 is 7.82 Å². The van der Waals surface area contributed by atoms with Gasteiger partial charge in [-0.25, -0.2) is 4.57 Å². The van der Waals surface area contributed by atoms with Crippen LogP contribution in [0.5, 0.6) is 0 Å². The lowest BCUT2D eigenvalue weighted by Crippen LogP contribution is -2.23. The summed E-state index contributed by atoms with van der Waals surface area (Å²) in [6, 6.07) is 0. The Morgan fingerprint density at radius 2 is 2.00 bits per heavy atom. The molecule has 0 amide bonds. The van der Waals surface area contributed by atoms with Gasteiger partial charge in [0.2, 0.25) is 0 Å². The molecule has 0 aromatic rings. The highest BCUT2D eigenvalue weighted by Gasteiger charge is 2.35. The molecule has 1 aliphatic rings. The van der Waals surface area contributed by atoms with Gasteiger partial charge in [-0.05, 0) is 13.8 Å². The maximum atomic E-state index is 11.5. The van der Waals surface area contributed by atoms with Gasteiger partial charge in [0.15, 0.2) is 5.79 Å². The van der Waals surface area contributed by atoms with Gasteiger partial charge in [-0.1, -0.05) is 0 Å². The molecule has 1 fully saturated rings. The van der Waals surface area contributed by atoms with E-state index >= 15 is 0 Å². The number of rotatable bonds is 5. The molecule has 0 unspecified atom stereocenters. The summed E-state index contributed by atoms with van der Waals surface area (Å²) in [5, 5.41) is 0. The maximum absolute atomic E-state index is 11.5. The smallest absolute Gasteiger partial charge is 0.348 e. The predicted molar refractivity (Wildman–Crippen MR) is 52.5 cm³/mol. The third-order valence-corrected chi connectivity index (χ3v) is 3.29. The van der Waals surface area contributed by atoms with Gasteiger partial charge < -0.3 is 9.47 Å². The molecule has 1 atom stereocenters. The number of hydrogen-bond donors (Lipinski definition) is 0. The van der Waals surface area contributed by atoms with Gasteiger partial charge in [0.25, 0.3) is 0 Å². The van der Waals surface area contributed by atoms with Crippen LogP contribution >= 0.6 is 7.82 Å². The molecular formula is C8H17O6P. The quantitative estimate of drug-likeness (QED) is 0.679. The van der Waals surface area contributed by atoms with E-state index in [0.29, 0.717) is 6.61 Å². The molecule has 0 spiro atoms. The molecule has 1 rings (SSSR count). The van der Waals surface area contributed by atoms with Crippen molar-refractivity contribution in [2.75, 3.05) is 27.4 Å². The van der Waals surface area contributed by atoms with Crippen molar-refractivity contribution < 1.29 is 27.6 Å². The van der Waals surface area contributed by atoms with Crippen LogP contribution in [0.15, 0.2) is 0 Å². The van der Waals surface area contributed by atoms with Gasteiger partial charge in [-0.15, -0.1) is 0 Å². The normalized spacial score (nSPS) is 25.7. The van der Waals surface area contributed by atoms with Crippen LogP contribution < -0.4 is 0 Å². The minimum absolute atomic E-state index is 0.113. The summed E-state index contributed by atoms with van der Waals surface area (Å²) < 4.78 is 36.5. The molecule has 0 saturated carbocycles. The molecule has 1 aliphatic heterocycles. The molecular weight excluding hydrogens is 223 g/mol. The first-order valence-corrected chi connectivity index (χ1v) is 6.05. The molecule has 0 aliphatic carbocycles. The molecule has 1 saturated heterocycles. The second-order valence-electron chi connectivity index (χ2n) is 3.56. The van der Waals surface area contributed by atoms with Gasteiger partial charge in [-0.3, -0.25) is 13.6 Å². The van der Waals surface area contributed by atoms with E-state index in [1.165, 1.54) is 14.2 Å². The second kappa shape index (κ2) is 4.91. The van der Waals surface area contributed by atoms with Crippen LogP contribution in [-0.4, -0.2) is 39.3 Å². The zero-order chi connectivity index (χ0) is 11.5. The topological polar surface area (TPSA) is 63.2 Å². The van der Waals surface area contributed by atoms with E-state index in [2.05, 4.69) is 9.05 Å². The average Bonchev–Trinajstić information content (AvgIpc) is 2.55. The van der Waals surface area contributed by atoms with Crippen molar-refractivity contribution in [3.8, 4) is 0 Å². The Kier molecular flexibility index (Phi) is 4.29. The van der Waals surface area contributed by atoms with Crippen molar-refractivity contribution in [2.45, 2.75) is 25.7 Å². The highest BCUT2D eigenvalue weighted by molar-refractivity contribution is 7.48. The zero-order valence-corrected chi connectivity index (χ0v) is 10.3. The van der Waals surface area contributed by atoms with Crippen molar-refractivity contribution in [3.63, 3.8) is 0 Å². The van der Waals surface area contributed by atoms with E-state index in [4.69, 9.17) is 14.0 Å². The van der Waals surface area contributed by atoms with Crippen molar-refractivity contribution in [3.05, 3.63) is 0 Å². The van der Waals surface area contributed by atoms with Crippen molar-refractivity contribution in [2.24, 2.45) is 0 Å². The van der Waals surface area contributed by atoms with Gasteiger partial charge in [0, 0.05) is 14.2 Å². The summed E-state index contributed by atoms with van der Waals surface area (Å²) in [4.78, 5) is 0. The molecule has 0 aromatic carbocycles. The SMILES string of the molecule is COP(=O)(OC)OC[C@@H]1COC(C)(C)O1. The fourth-order valence-corrected chi connectivity index (χ4v) is 1.91. The Hall–Kier alpha value is 0.0300. The Balaban J connectivity index is 2.36. The number of phosphoric acid groups is 1. The Labute approximate surface area is 89.4 Å². The minimum atomic E-state index is -3.41. The lowest BCUT2D eigenvalue weighted by molar-refractivity contribution is -0.142. The molecule has 0 radical (unpaired) electrons. The van der Waals surface area contributed by atoms with E-state index in [1.807, 2.05) is 0 Å². The average molecular weight is 240 g/mol. The second-order valence-corrected chi connectivity index (χ2v) is 5.44. The van der Waals surface area contributed by atoms with Gasteiger partial charge in [0.1, 0.15) is 6.10 Å². The van der Waals surface area contributed by atoms with Crippen molar-refractivity contribution >= 4 is 7.82 Å². The minimum Gasteiger partial charge on any atom is -0.348 e. The monoisotopic (exact) mass is 240 g/mol. The molecule has 0 bridgehead atoms. The summed E-state index contributed by atoms with van der Waals surface area (Å²) in [5.74, 6) is -0.613. The fraction of sp³-hybridized carbons (Fsp3) is 1.00. The largest absolute Gasteiger partial charge is 0.474 e. The Morgan fingerprint density at radius 1 is 1.40 bits per heavy atom. The lowest BCUT2D eigenvalue weighted by atomic mass is 10.4. The molecule has 7 heteroatoms. The first-order valence-electron chi connectivity index (χ1n) is 4.58. The summed E-state index contributed by atoms with van der Waals surface area (Å²) in [6.07, 6.45) is -0.251.